The summed E-state index contributed by atoms with van der Waals surface area (Å²) in [4.78, 5) is 14.6. The van der Waals surface area contributed by atoms with Crippen LogP contribution in [0.2, 0.25) is 0 Å². The van der Waals surface area contributed by atoms with Crippen molar-refractivity contribution >= 4 is 16.1 Å². The fourth-order valence-electron chi connectivity index (χ4n) is 3.63. The molecule has 0 aliphatic carbocycles. The van der Waals surface area contributed by atoms with Crippen LogP contribution < -0.4 is 0 Å². The molecule has 2 atom stereocenters. The van der Waals surface area contributed by atoms with E-state index < -0.39 is 27.8 Å². The lowest BCUT2D eigenvalue weighted by molar-refractivity contribution is -0.0137. The van der Waals surface area contributed by atoms with E-state index in [1.165, 1.54) is 4.31 Å². The Morgan fingerprint density at radius 2 is 1.59 bits per heavy atom. The van der Waals surface area contributed by atoms with Gasteiger partial charge in [-0.15, -0.1) is 0 Å². The molecular weight excluding hydrogens is 428 g/mol. The van der Waals surface area contributed by atoms with E-state index in [1.54, 1.807) is 35.2 Å². The molecular formula is C24H32N2O5S. The molecule has 1 aliphatic heterocycles. The number of benzene rings is 2. The minimum atomic E-state index is -3.75. The van der Waals surface area contributed by atoms with Gasteiger partial charge in [0.2, 0.25) is 10.0 Å². The highest BCUT2D eigenvalue weighted by Crippen LogP contribution is 2.26. The fourth-order valence-corrected chi connectivity index (χ4v) is 5.33. The molecule has 1 saturated heterocycles. The monoisotopic (exact) mass is 460 g/mol. The fraction of sp³-hybridized carbons (Fsp3) is 0.458. The molecule has 1 aliphatic rings. The predicted octanol–water partition coefficient (Wildman–Crippen LogP) is 3.90. The molecule has 1 amide bonds. The predicted molar refractivity (Wildman–Crippen MR) is 123 cm³/mol. The first-order valence-corrected chi connectivity index (χ1v) is 12.2. The van der Waals surface area contributed by atoms with Gasteiger partial charge >= 0.3 is 6.09 Å². The first kappa shape index (κ1) is 24.2. The van der Waals surface area contributed by atoms with Gasteiger partial charge in [0, 0.05) is 19.1 Å². The molecule has 0 spiro atoms. The van der Waals surface area contributed by atoms with Crippen LogP contribution in [-0.2, 0) is 26.1 Å². The average molecular weight is 461 g/mol. The minimum absolute atomic E-state index is 0.160. The molecule has 7 nitrogen and oxygen atoms in total. The van der Waals surface area contributed by atoms with Crippen molar-refractivity contribution < 1.29 is 22.7 Å². The van der Waals surface area contributed by atoms with Crippen molar-refractivity contribution in [1.82, 2.24) is 9.21 Å². The molecule has 2 aromatic carbocycles. The molecule has 0 unspecified atom stereocenters. The van der Waals surface area contributed by atoms with Gasteiger partial charge in [0.25, 0.3) is 0 Å². The van der Waals surface area contributed by atoms with E-state index in [1.807, 2.05) is 58.0 Å². The normalized spacial score (nSPS) is 20.2. The van der Waals surface area contributed by atoms with Gasteiger partial charge in [-0.3, -0.25) is 0 Å². The smallest absolute Gasteiger partial charge is 0.410 e. The summed E-state index contributed by atoms with van der Waals surface area (Å²) < 4.78 is 39.7. The molecule has 0 saturated carbocycles. The number of sulfonamides is 1. The Hall–Kier alpha value is -2.42. The van der Waals surface area contributed by atoms with Crippen molar-refractivity contribution in [2.75, 3.05) is 19.7 Å². The molecule has 3 rings (SSSR count). The Morgan fingerprint density at radius 1 is 1.00 bits per heavy atom. The number of hydrogen-bond donors (Lipinski definition) is 0. The zero-order chi connectivity index (χ0) is 23.4. The second-order valence-electron chi connectivity index (χ2n) is 9.02. The lowest BCUT2D eigenvalue weighted by Crippen LogP contribution is -2.62. The Kier molecular flexibility index (Phi) is 7.59. The summed E-state index contributed by atoms with van der Waals surface area (Å²) in [5.41, 5.74) is 0.363. The van der Waals surface area contributed by atoms with E-state index in [9.17, 15) is 13.2 Å². The van der Waals surface area contributed by atoms with Gasteiger partial charge in [-0.1, -0.05) is 48.5 Å². The van der Waals surface area contributed by atoms with Crippen molar-refractivity contribution in [2.45, 2.75) is 56.9 Å². The lowest BCUT2D eigenvalue weighted by Gasteiger charge is -2.44. The van der Waals surface area contributed by atoms with Crippen molar-refractivity contribution in [3.63, 3.8) is 0 Å². The number of carbonyl (C=O) groups excluding carboxylic acids is 1. The van der Waals surface area contributed by atoms with Crippen LogP contribution in [0.25, 0.3) is 0 Å². The maximum atomic E-state index is 13.4. The van der Waals surface area contributed by atoms with Crippen LogP contribution in [0, 0.1) is 0 Å². The van der Waals surface area contributed by atoms with Crippen LogP contribution in [0.3, 0.4) is 0 Å². The number of hydrogen-bond acceptors (Lipinski definition) is 5. The Bertz CT molecular complexity index is 990. The van der Waals surface area contributed by atoms with Crippen molar-refractivity contribution in [1.29, 1.82) is 0 Å². The van der Waals surface area contributed by atoms with Gasteiger partial charge in [0.05, 0.1) is 24.2 Å². The van der Waals surface area contributed by atoms with Gasteiger partial charge in [0.15, 0.2) is 0 Å². The molecule has 1 fully saturated rings. The van der Waals surface area contributed by atoms with Crippen molar-refractivity contribution in [3.05, 3.63) is 66.2 Å². The molecule has 1 heterocycles. The summed E-state index contributed by atoms with van der Waals surface area (Å²) in [6.45, 7) is 8.14. The summed E-state index contributed by atoms with van der Waals surface area (Å²) in [7, 11) is -3.75. The largest absolute Gasteiger partial charge is 0.444 e. The minimum Gasteiger partial charge on any atom is -0.444 e. The molecule has 32 heavy (non-hydrogen) atoms. The SMILES string of the molecule is C[C@@H]1CN(S(=O)(=O)c2ccccc2)[C@@H](COCc2ccccc2)CN1C(=O)OC(C)(C)C. The maximum Gasteiger partial charge on any atom is 0.410 e. The standard InChI is InChI=1S/C24H32N2O5S/c1-19-15-26(32(28,29)22-13-9-6-10-14-22)21(16-25(19)23(27)31-24(2,3)4)18-30-17-20-11-7-5-8-12-20/h5-14,19,21H,15-18H2,1-4H3/t19-,21-/m1/s1. The van der Waals surface area contributed by atoms with Crippen LogP contribution in [0.1, 0.15) is 33.3 Å². The third-order valence-corrected chi connectivity index (χ3v) is 7.12. The Labute approximate surface area is 191 Å². The summed E-state index contributed by atoms with van der Waals surface area (Å²) in [6.07, 6.45) is -0.449. The third kappa shape index (κ3) is 6.09. The van der Waals surface area contributed by atoms with Crippen molar-refractivity contribution in [3.8, 4) is 0 Å². The highest BCUT2D eigenvalue weighted by Gasteiger charge is 2.42. The van der Waals surface area contributed by atoms with Crippen LogP contribution in [-0.4, -0.2) is 61.1 Å². The van der Waals surface area contributed by atoms with E-state index in [0.29, 0.717) is 6.61 Å². The summed E-state index contributed by atoms with van der Waals surface area (Å²) in [6, 6.07) is 17.2. The van der Waals surface area contributed by atoms with Gasteiger partial charge in [-0.25, -0.2) is 13.2 Å². The zero-order valence-electron chi connectivity index (χ0n) is 19.1. The molecule has 0 bridgehead atoms. The van der Waals surface area contributed by atoms with Crippen LogP contribution >= 0.6 is 0 Å². The Balaban J connectivity index is 1.81. The first-order chi connectivity index (χ1) is 15.1. The van der Waals surface area contributed by atoms with E-state index in [4.69, 9.17) is 9.47 Å². The van der Waals surface area contributed by atoms with Crippen LogP contribution in [0.15, 0.2) is 65.6 Å². The van der Waals surface area contributed by atoms with E-state index >= 15 is 0 Å². The molecule has 0 N–H and O–H groups in total. The van der Waals surface area contributed by atoms with E-state index in [2.05, 4.69) is 0 Å². The summed E-state index contributed by atoms with van der Waals surface area (Å²) >= 11 is 0. The van der Waals surface area contributed by atoms with E-state index in [-0.39, 0.29) is 30.6 Å². The number of nitrogens with zero attached hydrogens (tertiary/aromatic N) is 2. The van der Waals surface area contributed by atoms with Gasteiger partial charge in [-0.05, 0) is 45.4 Å². The number of carbonyl (C=O) groups is 1. The third-order valence-electron chi connectivity index (χ3n) is 5.19. The van der Waals surface area contributed by atoms with Gasteiger partial charge in [-0.2, -0.15) is 4.31 Å². The number of rotatable bonds is 6. The first-order valence-electron chi connectivity index (χ1n) is 10.8. The van der Waals surface area contributed by atoms with Gasteiger partial charge < -0.3 is 14.4 Å². The maximum absolute atomic E-state index is 13.4. The summed E-state index contributed by atoms with van der Waals surface area (Å²) in [5, 5.41) is 0. The molecule has 0 radical (unpaired) electrons. The topological polar surface area (TPSA) is 76.2 Å². The van der Waals surface area contributed by atoms with Crippen molar-refractivity contribution in [2.24, 2.45) is 0 Å². The quantitative estimate of drug-likeness (QED) is 0.653. The second-order valence-corrected chi connectivity index (χ2v) is 10.9. The Morgan fingerprint density at radius 3 is 2.19 bits per heavy atom. The summed E-state index contributed by atoms with van der Waals surface area (Å²) in [5.74, 6) is 0. The number of ether oxygens (including phenoxy) is 2. The van der Waals surface area contributed by atoms with Gasteiger partial charge in [0.1, 0.15) is 5.60 Å². The second kappa shape index (κ2) is 10.0. The van der Waals surface area contributed by atoms with Crippen LogP contribution in [0.4, 0.5) is 4.79 Å². The van der Waals surface area contributed by atoms with Crippen LogP contribution in [0.5, 0.6) is 0 Å². The molecule has 8 heteroatoms. The lowest BCUT2D eigenvalue weighted by atomic mass is 10.1. The highest BCUT2D eigenvalue weighted by molar-refractivity contribution is 7.89. The number of amides is 1. The molecule has 0 aromatic heterocycles. The molecule has 174 valence electrons. The molecule has 2 aromatic rings. The zero-order valence-corrected chi connectivity index (χ0v) is 19.9. The number of piperazine rings is 1. The van der Waals surface area contributed by atoms with E-state index in [0.717, 1.165) is 5.56 Å². The average Bonchev–Trinajstić information content (AvgIpc) is 2.74. The highest BCUT2D eigenvalue weighted by atomic mass is 32.2.